The minimum absolute atomic E-state index is 0.0562. The van der Waals surface area contributed by atoms with Crippen LogP contribution in [-0.2, 0) is 13.5 Å². The molecule has 3 nitrogen and oxygen atoms in total. The zero-order chi connectivity index (χ0) is 10.8. The lowest BCUT2D eigenvalue weighted by Crippen LogP contribution is -2.09. The van der Waals surface area contributed by atoms with Crippen LogP contribution < -0.4 is 0 Å². The Morgan fingerprint density at radius 2 is 2.33 bits per heavy atom. The van der Waals surface area contributed by atoms with Crippen molar-refractivity contribution in [2.45, 2.75) is 45.1 Å². The van der Waals surface area contributed by atoms with Gasteiger partial charge in [0.2, 0.25) is 0 Å². The summed E-state index contributed by atoms with van der Waals surface area (Å²) in [5.41, 5.74) is 2.35. The van der Waals surface area contributed by atoms with Crippen LogP contribution in [-0.4, -0.2) is 21.0 Å². The summed E-state index contributed by atoms with van der Waals surface area (Å²) in [5, 5.41) is 14.0. The molecule has 0 bridgehead atoms. The summed E-state index contributed by atoms with van der Waals surface area (Å²) < 4.78 is 1.94. The summed E-state index contributed by atoms with van der Waals surface area (Å²) in [7, 11) is 1.99. The van der Waals surface area contributed by atoms with Crippen LogP contribution in [0.4, 0.5) is 0 Å². The number of aryl methyl sites for hydroxylation is 3. The van der Waals surface area contributed by atoms with Crippen molar-refractivity contribution in [2.24, 2.45) is 13.0 Å². The predicted octanol–water partition coefficient (Wildman–Crippen LogP) is 1.82. The fraction of sp³-hybridized carbons (Fsp3) is 0.750. The molecule has 2 rings (SSSR count). The molecule has 3 heteroatoms. The number of aliphatic hydroxyl groups excluding tert-OH is 1. The number of rotatable bonds is 5. The number of nitrogens with zero attached hydrogens (tertiary/aromatic N) is 2. The quantitative estimate of drug-likeness (QED) is 0.801. The van der Waals surface area contributed by atoms with Gasteiger partial charge in [-0.15, -0.1) is 0 Å². The molecule has 15 heavy (non-hydrogen) atoms. The van der Waals surface area contributed by atoms with E-state index in [1.54, 1.807) is 0 Å². The van der Waals surface area contributed by atoms with Crippen molar-refractivity contribution in [1.29, 1.82) is 0 Å². The number of hydrogen-bond donors (Lipinski definition) is 1. The Balaban J connectivity index is 1.75. The topological polar surface area (TPSA) is 38.0 Å². The van der Waals surface area contributed by atoms with E-state index in [0.29, 0.717) is 5.92 Å². The molecule has 0 amide bonds. The van der Waals surface area contributed by atoms with Crippen LogP contribution in [0.1, 0.15) is 37.1 Å². The monoisotopic (exact) mass is 208 g/mol. The van der Waals surface area contributed by atoms with E-state index < -0.39 is 0 Å². The van der Waals surface area contributed by atoms with Gasteiger partial charge in [0.1, 0.15) is 0 Å². The van der Waals surface area contributed by atoms with Crippen molar-refractivity contribution in [3.05, 3.63) is 17.5 Å². The molecule has 84 valence electrons. The average Bonchev–Trinajstić information content (AvgIpc) is 2.94. The standard InChI is InChI=1S/C12H20N2O/c1-9-8-11(14(2)13-9)4-3-5-12(15)10-6-7-10/h8,10,12,15H,3-7H2,1-2H3. The molecule has 1 fully saturated rings. The highest BCUT2D eigenvalue weighted by Gasteiger charge is 2.28. The van der Waals surface area contributed by atoms with Gasteiger partial charge in [0.25, 0.3) is 0 Å². The van der Waals surface area contributed by atoms with Gasteiger partial charge >= 0.3 is 0 Å². The van der Waals surface area contributed by atoms with E-state index in [0.717, 1.165) is 25.0 Å². The summed E-state index contributed by atoms with van der Waals surface area (Å²) in [5.74, 6) is 0.610. The van der Waals surface area contributed by atoms with E-state index >= 15 is 0 Å². The van der Waals surface area contributed by atoms with Gasteiger partial charge in [-0.2, -0.15) is 5.10 Å². The molecule has 0 aliphatic heterocycles. The Morgan fingerprint density at radius 3 is 2.87 bits per heavy atom. The molecule has 0 saturated heterocycles. The first-order valence-electron chi connectivity index (χ1n) is 5.84. The van der Waals surface area contributed by atoms with Gasteiger partial charge in [-0.3, -0.25) is 4.68 Å². The van der Waals surface area contributed by atoms with Crippen LogP contribution in [0.25, 0.3) is 0 Å². The molecule has 0 radical (unpaired) electrons. The summed E-state index contributed by atoms with van der Waals surface area (Å²) in [6.07, 6.45) is 5.43. The van der Waals surface area contributed by atoms with Gasteiger partial charge in [0.05, 0.1) is 11.8 Å². The lowest BCUT2D eigenvalue weighted by molar-refractivity contribution is 0.139. The highest BCUT2D eigenvalue weighted by atomic mass is 16.3. The SMILES string of the molecule is Cc1cc(CCCC(O)C2CC2)n(C)n1. The lowest BCUT2D eigenvalue weighted by Gasteiger charge is -2.08. The van der Waals surface area contributed by atoms with Gasteiger partial charge in [0, 0.05) is 12.7 Å². The molecule has 1 heterocycles. The van der Waals surface area contributed by atoms with Crippen molar-refractivity contribution in [3.63, 3.8) is 0 Å². The van der Waals surface area contributed by atoms with Crippen LogP contribution in [0.3, 0.4) is 0 Å². The van der Waals surface area contributed by atoms with Crippen molar-refractivity contribution in [1.82, 2.24) is 9.78 Å². The third-order valence-corrected chi connectivity index (χ3v) is 3.20. The maximum atomic E-state index is 9.72. The van der Waals surface area contributed by atoms with E-state index in [-0.39, 0.29) is 6.10 Å². The molecule has 1 aromatic heterocycles. The first kappa shape index (κ1) is 10.7. The largest absolute Gasteiger partial charge is 0.393 e. The van der Waals surface area contributed by atoms with Crippen LogP contribution in [0, 0.1) is 12.8 Å². The fourth-order valence-electron chi connectivity index (χ4n) is 2.11. The van der Waals surface area contributed by atoms with Crippen LogP contribution >= 0.6 is 0 Å². The van der Waals surface area contributed by atoms with Crippen molar-refractivity contribution >= 4 is 0 Å². The number of aliphatic hydroxyl groups is 1. The van der Waals surface area contributed by atoms with Crippen molar-refractivity contribution in [3.8, 4) is 0 Å². The van der Waals surface area contributed by atoms with Gasteiger partial charge in [-0.1, -0.05) is 0 Å². The highest BCUT2D eigenvalue weighted by Crippen LogP contribution is 2.34. The molecule has 0 aromatic carbocycles. The summed E-state index contributed by atoms with van der Waals surface area (Å²) in [4.78, 5) is 0. The van der Waals surface area contributed by atoms with Crippen LogP contribution in [0.15, 0.2) is 6.07 Å². The lowest BCUT2D eigenvalue weighted by atomic mass is 10.1. The third-order valence-electron chi connectivity index (χ3n) is 3.20. The Labute approximate surface area is 91.1 Å². The van der Waals surface area contributed by atoms with E-state index in [1.165, 1.54) is 18.5 Å². The van der Waals surface area contributed by atoms with E-state index in [1.807, 2.05) is 18.7 Å². The van der Waals surface area contributed by atoms with Gasteiger partial charge < -0.3 is 5.11 Å². The van der Waals surface area contributed by atoms with Crippen molar-refractivity contribution < 1.29 is 5.11 Å². The molecule has 1 unspecified atom stereocenters. The second kappa shape index (κ2) is 4.35. The zero-order valence-electron chi connectivity index (χ0n) is 9.61. The van der Waals surface area contributed by atoms with E-state index in [4.69, 9.17) is 0 Å². The number of aromatic nitrogens is 2. The molecule has 1 aliphatic carbocycles. The highest BCUT2D eigenvalue weighted by molar-refractivity contribution is 5.08. The molecule has 1 saturated carbocycles. The Kier molecular flexibility index (Phi) is 3.10. The molecular formula is C12H20N2O. The normalized spacial score (nSPS) is 18.1. The Morgan fingerprint density at radius 1 is 1.60 bits per heavy atom. The van der Waals surface area contributed by atoms with E-state index in [2.05, 4.69) is 11.2 Å². The second-order valence-electron chi connectivity index (χ2n) is 4.70. The Hall–Kier alpha value is -0.830. The summed E-state index contributed by atoms with van der Waals surface area (Å²) in [6, 6.07) is 2.13. The van der Waals surface area contributed by atoms with Gasteiger partial charge in [0.15, 0.2) is 0 Å². The fourth-order valence-corrected chi connectivity index (χ4v) is 2.11. The molecule has 1 aromatic rings. The molecular weight excluding hydrogens is 188 g/mol. The Bertz CT molecular complexity index is 328. The first-order chi connectivity index (χ1) is 7.16. The second-order valence-corrected chi connectivity index (χ2v) is 4.70. The summed E-state index contributed by atoms with van der Waals surface area (Å²) >= 11 is 0. The smallest absolute Gasteiger partial charge is 0.0596 e. The number of hydrogen-bond acceptors (Lipinski definition) is 2. The minimum Gasteiger partial charge on any atom is -0.393 e. The van der Waals surface area contributed by atoms with Crippen LogP contribution in [0.5, 0.6) is 0 Å². The predicted molar refractivity (Wildman–Crippen MR) is 59.6 cm³/mol. The molecule has 0 spiro atoms. The summed E-state index contributed by atoms with van der Waals surface area (Å²) in [6.45, 7) is 2.02. The average molecular weight is 208 g/mol. The first-order valence-corrected chi connectivity index (χ1v) is 5.84. The van der Waals surface area contributed by atoms with Crippen molar-refractivity contribution in [2.75, 3.05) is 0 Å². The maximum Gasteiger partial charge on any atom is 0.0596 e. The van der Waals surface area contributed by atoms with Gasteiger partial charge in [-0.05, 0) is 51.0 Å². The molecule has 1 atom stereocenters. The molecule has 1 aliphatic rings. The molecule has 1 N–H and O–H groups in total. The maximum absolute atomic E-state index is 9.72. The van der Waals surface area contributed by atoms with Crippen LogP contribution in [0.2, 0.25) is 0 Å². The minimum atomic E-state index is -0.0562. The van der Waals surface area contributed by atoms with E-state index in [9.17, 15) is 5.11 Å². The zero-order valence-corrected chi connectivity index (χ0v) is 9.61. The third kappa shape index (κ3) is 2.81. The van der Waals surface area contributed by atoms with Gasteiger partial charge in [-0.25, -0.2) is 0 Å².